The molecule has 3 aliphatic heterocycles. The molecule has 0 aromatic carbocycles. The van der Waals surface area contributed by atoms with E-state index in [1.165, 1.54) is 15.5 Å². The van der Waals surface area contributed by atoms with Gasteiger partial charge >= 0.3 is 0 Å². The number of nitrogens with two attached hydrogens (primary N) is 1. The molecule has 32 heavy (non-hydrogen) atoms. The SMILES string of the molecule is CC(=O)N(CCNC[C@H]1CCN(S(=O)(=O)N(C)C)C1)CC(O)CN1[C@@H]2CC[C@H]1CC(N)C2. The molecule has 2 bridgehead atoms. The summed E-state index contributed by atoms with van der Waals surface area (Å²) >= 11 is 0. The quantitative estimate of drug-likeness (QED) is 0.324. The third-order valence-electron chi connectivity index (χ3n) is 7.25. The molecular formula is C21H42N6O4S. The van der Waals surface area contributed by atoms with Crippen molar-refractivity contribution in [2.24, 2.45) is 11.7 Å². The van der Waals surface area contributed by atoms with E-state index < -0.39 is 16.3 Å². The molecule has 3 aliphatic rings. The van der Waals surface area contributed by atoms with Crippen LogP contribution in [0.1, 0.15) is 39.0 Å². The van der Waals surface area contributed by atoms with E-state index >= 15 is 0 Å². The minimum Gasteiger partial charge on any atom is -0.390 e. The van der Waals surface area contributed by atoms with Crippen LogP contribution in [0.4, 0.5) is 0 Å². The van der Waals surface area contributed by atoms with Gasteiger partial charge in [0.15, 0.2) is 0 Å². The number of carbonyl (C=O) groups excluding carboxylic acids is 1. The number of amides is 1. The average molecular weight is 475 g/mol. The van der Waals surface area contributed by atoms with Crippen molar-refractivity contribution in [2.75, 3.05) is 59.9 Å². The van der Waals surface area contributed by atoms with Crippen molar-refractivity contribution in [2.45, 2.75) is 63.3 Å². The maximum Gasteiger partial charge on any atom is 0.281 e. The lowest BCUT2D eigenvalue weighted by Gasteiger charge is -2.39. The van der Waals surface area contributed by atoms with Crippen LogP contribution in [0.5, 0.6) is 0 Å². The fraction of sp³-hybridized carbons (Fsp3) is 0.952. The van der Waals surface area contributed by atoms with Gasteiger partial charge < -0.3 is 21.1 Å². The third-order valence-corrected chi connectivity index (χ3v) is 9.15. The van der Waals surface area contributed by atoms with Crippen LogP contribution in [0.2, 0.25) is 0 Å². The second-order valence-corrected chi connectivity index (χ2v) is 12.1. The van der Waals surface area contributed by atoms with Gasteiger partial charge in [0, 0.05) is 78.4 Å². The first-order valence-electron chi connectivity index (χ1n) is 11.9. The minimum atomic E-state index is -3.35. The number of rotatable bonds is 11. The van der Waals surface area contributed by atoms with E-state index in [0.717, 1.165) is 32.1 Å². The largest absolute Gasteiger partial charge is 0.390 e. The predicted octanol–water partition coefficient (Wildman–Crippen LogP) is -1.13. The summed E-state index contributed by atoms with van der Waals surface area (Å²) in [7, 11) is -0.245. The number of aliphatic hydroxyl groups excluding tert-OH is 1. The molecule has 3 saturated heterocycles. The van der Waals surface area contributed by atoms with Crippen molar-refractivity contribution in [3.63, 3.8) is 0 Å². The summed E-state index contributed by atoms with van der Waals surface area (Å²) in [6.45, 7) is 5.38. The smallest absolute Gasteiger partial charge is 0.281 e. The molecule has 4 N–H and O–H groups in total. The molecule has 10 nitrogen and oxygen atoms in total. The van der Waals surface area contributed by atoms with Crippen molar-refractivity contribution in [1.29, 1.82) is 0 Å². The summed E-state index contributed by atoms with van der Waals surface area (Å²) in [6, 6.07) is 1.21. The monoisotopic (exact) mass is 474 g/mol. The summed E-state index contributed by atoms with van der Waals surface area (Å²) < 4.78 is 27.2. The lowest BCUT2D eigenvalue weighted by Crippen LogP contribution is -2.52. The van der Waals surface area contributed by atoms with E-state index in [4.69, 9.17) is 5.73 Å². The molecular weight excluding hydrogens is 432 g/mol. The van der Waals surface area contributed by atoms with Crippen molar-refractivity contribution >= 4 is 16.1 Å². The number of hydrogen-bond acceptors (Lipinski definition) is 7. The first-order valence-corrected chi connectivity index (χ1v) is 13.3. The van der Waals surface area contributed by atoms with Crippen LogP contribution in [0, 0.1) is 5.92 Å². The molecule has 0 radical (unpaired) electrons. The van der Waals surface area contributed by atoms with Crippen LogP contribution in [0.3, 0.4) is 0 Å². The van der Waals surface area contributed by atoms with E-state index in [9.17, 15) is 18.3 Å². The second-order valence-electron chi connectivity index (χ2n) is 9.94. The Balaban J connectivity index is 1.37. The molecule has 2 unspecified atom stereocenters. The van der Waals surface area contributed by atoms with Crippen LogP contribution < -0.4 is 11.1 Å². The van der Waals surface area contributed by atoms with Gasteiger partial charge in [0.05, 0.1) is 6.10 Å². The number of fused-ring (bicyclic) bond motifs is 2. The van der Waals surface area contributed by atoms with Crippen molar-refractivity contribution < 1.29 is 18.3 Å². The highest BCUT2D eigenvalue weighted by Crippen LogP contribution is 2.35. The van der Waals surface area contributed by atoms with Gasteiger partial charge in [-0.15, -0.1) is 0 Å². The fourth-order valence-corrected chi connectivity index (χ4v) is 6.67. The lowest BCUT2D eigenvalue weighted by molar-refractivity contribution is -0.130. The highest BCUT2D eigenvalue weighted by atomic mass is 32.2. The molecule has 0 saturated carbocycles. The molecule has 11 heteroatoms. The van der Waals surface area contributed by atoms with Crippen LogP contribution >= 0.6 is 0 Å². The van der Waals surface area contributed by atoms with Crippen LogP contribution in [0.25, 0.3) is 0 Å². The Bertz CT molecular complexity index is 722. The topological polar surface area (TPSA) is 122 Å². The summed E-state index contributed by atoms with van der Waals surface area (Å²) in [5.41, 5.74) is 6.14. The van der Waals surface area contributed by atoms with E-state index in [0.29, 0.717) is 57.9 Å². The Labute approximate surface area is 193 Å². The first kappa shape index (κ1) is 25.8. The van der Waals surface area contributed by atoms with Gasteiger partial charge in [-0.05, 0) is 44.6 Å². The molecule has 5 atom stereocenters. The molecule has 186 valence electrons. The highest BCUT2D eigenvalue weighted by Gasteiger charge is 2.40. The predicted molar refractivity (Wildman–Crippen MR) is 124 cm³/mol. The van der Waals surface area contributed by atoms with Gasteiger partial charge in [-0.1, -0.05) is 0 Å². The van der Waals surface area contributed by atoms with E-state index in [-0.39, 0.29) is 17.9 Å². The molecule has 3 fully saturated rings. The van der Waals surface area contributed by atoms with E-state index in [2.05, 4.69) is 10.2 Å². The van der Waals surface area contributed by atoms with Gasteiger partial charge in [-0.3, -0.25) is 9.69 Å². The Kier molecular flexibility index (Phi) is 8.92. The molecule has 0 spiro atoms. The molecule has 0 aromatic rings. The van der Waals surface area contributed by atoms with Gasteiger partial charge in [0.2, 0.25) is 5.91 Å². The zero-order chi connectivity index (χ0) is 23.5. The normalized spacial score (nSPS) is 30.2. The third kappa shape index (κ3) is 6.40. The number of hydrogen-bond donors (Lipinski definition) is 3. The van der Waals surface area contributed by atoms with Crippen molar-refractivity contribution in [3.8, 4) is 0 Å². The standard InChI is InChI=1S/C21H42N6O4S/c1-16(28)25(14-21(29)15-27-19-4-5-20(27)11-18(22)10-19)9-7-23-12-17-6-8-26(13-17)32(30,31)24(2)3/h17-21,23,29H,4-15,22H2,1-3H3/t17-,18?,19-,20+,21?/m1/s1. The number of nitrogens with zero attached hydrogens (tertiary/aromatic N) is 4. The lowest BCUT2D eigenvalue weighted by atomic mass is 9.98. The number of aliphatic hydroxyl groups is 1. The van der Waals surface area contributed by atoms with Gasteiger partial charge in [-0.2, -0.15) is 17.0 Å². The van der Waals surface area contributed by atoms with Crippen LogP contribution in [-0.2, 0) is 15.0 Å². The fourth-order valence-electron chi connectivity index (χ4n) is 5.47. The summed E-state index contributed by atoms with van der Waals surface area (Å²) in [6.07, 6.45) is 4.56. The Morgan fingerprint density at radius 1 is 1.22 bits per heavy atom. The molecule has 0 aliphatic carbocycles. The van der Waals surface area contributed by atoms with E-state index in [1.807, 2.05) is 0 Å². The average Bonchev–Trinajstić information content (AvgIpc) is 3.27. The summed E-state index contributed by atoms with van der Waals surface area (Å²) in [4.78, 5) is 16.2. The second kappa shape index (κ2) is 11.1. The molecule has 0 aromatic heterocycles. The summed E-state index contributed by atoms with van der Waals surface area (Å²) in [5.74, 6) is 0.223. The maximum absolute atomic E-state index is 12.2. The van der Waals surface area contributed by atoms with Crippen LogP contribution in [0.15, 0.2) is 0 Å². The molecule has 3 heterocycles. The van der Waals surface area contributed by atoms with Gasteiger partial charge in [-0.25, -0.2) is 0 Å². The highest BCUT2D eigenvalue weighted by molar-refractivity contribution is 7.86. The molecule has 1 amide bonds. The van der Waals surface area contributed by atoms with E-state index in [1.54, 1.807) is 19.0 Å². The number of carbonyl (C=O) groups is 1. The van der Waals surface area contributed by atoms with Gasteiger partial charge in [0.25, 0.3) is 10.2 Å². The number of piperidine rings is 1. The first-order chi connectivity index (χ1) is 15.1. The van der Waals surface area contributed by atoms with Gasteiger partial charge in [0.1, 0.15) is 0 Å². The Morgan fingerprint density at radius 2 is 1.88 bits per heavy atom. The Morgan fingerprint density at radius 3 is 2.47 bits per heavy atom. The zero-order valence-corrected chi connectivity index (χ0v) is 20.6. The number of nitrogens with one attached hydrogen (secondary N) is 1. The van der Waals surface area contributed by atoms with Crippen molar-refractivity contribution in [1.82, 2.24) is 23.7 Å². The Hall–Kier alpha value is -0.820. The van der Waals surface area contributed by atoms with Crippen LogP contribution in [-0.4, -0.2) is 122 Å². The molecule has 3 rings (SSSR count). The minimum absolute atomic E-state index is 0.0430. The maximum atomic E-state index is 12.2. The zero-order valence-electron chi connectivity index (χ0n) is 19.8. The summed E-state index contributed by atoms with van der Waals surface area (Å²) in [5, 5.41) is 14.0. The van der Waals surface area contributed by atoms with Crippen molar-refractivity contribution in [3.05, 3.63) is 0 Å².